The maximum absolute atomic E-state index is 12.4. The van der Waals surface area contributed by atoms with Gasteiger partial charge in [0.25, 0.3) is 0 Å². The lowest BCUT2D eigenvalue weighted by Gasteiger charge is -2.23. The molecule has 98 valence electrons. The van der Waals surface area contributed by atoms with Crippen LogP contribution in [-0.4, -0.2) is 43.5 Å². The van der Waals surface area contributed by atoms with Crippen molar-refractivity contribution >= 4 is 21.8 Å². The lowest BCUT2D eigenvalue weighted by Crippen LogP contribution is -2.48. The Labute approximate surface area is 92.2 Å². The lowest BCUT2D eigenvalue weighted by atomic mass is 10.4. The maximum atomic E-state index is 12.4. The van der Waals surface area contributed by atoms with E-state index in [9.17, 15) is 29.9 Å². The number of hydrogen-bond donors (Lipinski definition) is 1. The average Bonchev–Trinajstić information content (AvgIpc) is 2.12. The third-order valence-electron chi connectivity index (χ3n) is 1.28. The van der Waals surface area contributed by atoms with Crippen molar-refractivity contribution in [3.8, 4) is 0 Å². The van der Waals surface area contributed by atoms with Gasteiger partial charge in [0.05, 0.1) is 18.6 Å². The Bertz CT molecular complexity index is 332. The lowest BCUT2D eigenvalue weighted by molar-refractivity contribution is -0.322. The fourth-order valence-electron chi connectivity index (χ4n) is 0.471. The fraction of sp³-hybridized carbons (Fsp3) is 1.00. The first-order chi connectivity index (χ1) is 6.95. The molecule has 1 unspecified atom stereocenters. The van der Waals surface area contributed by atoms with Gasteiger partial charge in [0.15, 0.2) is 0 Å². The Kier molecular flexibility index (Phi) is 4.92. The Morgan fingerprint density at radius 3 is 2.06 bits per heavy atom. The van der Waals surface area contributed by atoms with E-state index < -0.39 is 40.2 Å². The molecule has 1 atom stereocenters. The smallest absolute Gasteiger partial charge is 0.389 e. The van der Waals surface area contributed by atoms with Gasteiger partial charge in [0, 0.05) is 0 Å². The predicted octanol–water partition coefficient (Wildman–Crippen LogP) is 1.09. The van der Waals surface area contributed by atoms with Crippen molar-refractivity contribution in [2.75, 3.05) is 12.5 Å². The summed E-state index contributed by atoms with van der Waals surface area (Å²) in [6.07, 6.45) is -7.32. The monoisotopic (exact) mass is 292 g/mol. The molecule has 0 fully saturated rings. The van der Waals surface area contributed by atoms with E-state index in [4.69, 9.17) is 16.7 Å². The summed E-state index contributed by atoms with van der Waals surface area (Å²) >= 11 is 4.93. The summed E-state index contributed by atoms with van der Waals surface area (Å²) in [6.45, 7) is -1.37. The third kappa shape index (κ3) is 3.40. The van der Waals surface area contributed by atoms with Gasteiger partial charge in [-0.15, -0.1) is 11.6 Å². The highest BCUT2D eigenvalue weighted by Gasteiger charge is 2.68. The number of aliphatic hydroxyl groups excluding tert-OH is 1. The topological polar surface area (TPSA) is 63.6 Å². The summed E-state index contributed by atoms with van der Waals surface area (Å²) in [5, 5.41) is 2.58. The number of alkyl halides is 5. The van der Waals surface area contributed by atoms with E-state index in [1.165, 1.54) is 0 Å². The molecule has 0 aromatic rings. The Hall–Kier alpha value is -0.190. The number of ether oxygens (including phenoxy) is 1. The van der Waals surface area contributed by atoms with Crippen LogP contribution in [0.15, 0.2) is 0 Å². The molecule has 0 saturated heterocycles. The van der Waals surface area contributed by atoms with E-state index in [0.29, 0.717) is 0 Å². The van der Waals surface area contributed by atoms with Crippen molar-refractivity contribution in [1.82, 2.24) is 0 Å². The molecule has 4 nitrogen and oxygen atoms in total. The van der Waals surface area contributed by atoms with Crippen LogP contribution in [0.4, 0.5) is 21.4 Å². The van der Waals surface area contributed by atoms with Gasteiger partial charge < -0.3 is 9.84 Å². The van der Waals surface area contributed by atoms with E-state index in [1.807, 2.05) is 0 Å². The van der Waals surface area contributed by atoms with E-state index in [0.717, 1.165) is 0 Å². The first-order valence-electron chi connectivity index (χ1n) is 3.53. The number of halogens is 6. The number of rotatable bonds is 6. The van der Waals surface area contributed by atoms with Crippen LogP contribution >= 0.6 is 11.6 Å². The van der Waals surface area contributed by atoms with Crippen molar-refractivity contribution in [3.63, 3.8) is 0 Å². The quantitative estimate of drug-likeness (QED) is 0.452. The van der Waals surface area contributed by atoms with Crippen molar-refractivity contribution in [1.29, 1.82) is 0 Å². The summed E-state index contributed by atoms with van der Waals surface area (Å²) in [4.78, 5) is 0. The van der Waals surface area contributed by atoms with Crippen LogP contribution in [0, 0.1) is 0 Å². The first kappa shape index (κ1) is 15.8. The van der Waals surface area contributed by atoms with Crippen LogP contribution in [0.3, 0.4) is 0 Å². The van der Waals surface area contributed by atoms with Gasteiger partial charge in [-0.25, -0.2) is 0 Å². The van der Waals surface area contributed by atoms with Crippen molar-refractivity contribution < 1.29 is 39.7 Å². The predicted molar refractivity (Wildman–Crippen MR) is 42.6 cm³/mol. The SMILES string of the molecule is O=S(=O)(F)C(F)(F)C(F)(F)OCC(O)CCl. The van der Waals surface area contributed by atoms with Crippen LogP contribution in [0.5, 0.6) is 0 Å². The van der Waals surface area contributed by atoms with Crippen LogP contribution in [0.25, 0.3) is 0 Å². The minimum absolute atomic E-state index is 0.607. The molecule has 0 amide bonds. The van der Waals surface area contributed by atoms with Gasteiger partial charge in [-0.2, -0.15) is 26.0 Å². The van der Waals surface area contributed by atoms with Gasteiger partial charge in [-0.1, -0.05) is 3.89 Å². The molecule has 0 radical (unpaired) electrons. The molecule has 0 saturated carbocycles. The highest BCUT2D eigenvalue weighted by atomic mass is 35.5. The summed E-state index contributed by atoms with van der Waals surface area (Å²) in [5.74, 6) is -0.607. The van der Waals surface area contributed by atoms with Gasteiger partial charge in [0.2, 0.25) is 0 Å². The summed E-state index contributed by atoms with van der Waals surface area (Å²) in [5.41, 5.74) is 0. The second-order valence-electron chi connectivity index (χ2n) is 2.59. The molecular weight excluding hydrogens is 287 g/mol. The van der Waals surface area contributed by atoms with Crippen LogP contribution < -0.4 is 0 Å². The molecule has 0 aromatic carbocycles. The van der Waals surface area contributed by atoms with Gasteiger partial charge in [-0.05, 0) is 0 Å². The van der Waals surface area contributed by atoms with Crippen molar-refractivity contribution in [3.05, 3.63) is 0 Å². The van der Waals surface area contributed by atoms with E-state index in [1.54, 1.807) is 0 Å². The van der Waals surface area contributed by atoms with Gasteiger partial charge >= 0.3 is 21.6 Å². The average molecular weight is 293 g/mol. The number of aliphatic hydroxyl groups is 1. The molecule has 0 aliphatic rings. The number of hydrogen-bond acceptors (Lipinski definition) is 4. The molecule has 0 aromatic heterocycles. The molecule has 0 bridgehead atoms. The Morgan fingerprint density at radius 1 is 1.31 bits per heavy atom. The Balaban J connectivity index is 4.79. The van der Waals surface area contributed by atoms with E-state index >= 15 is 0 Å². The summed E-state index contributed by atoms with van der Waals surface area (Å²) < 4.78 is 84.0. The van der Waals surface area contributed by atoms with Crippen LogP contribution in [0.1, 0.15) is 0 Å². The van der Waals surface area contributed by atoms with Gasteiger partial charge in [0.1, 0.15) is 0 Å². The molecular formula is C5H6ClF5O4S. The minimum Gasteiger partial charge on any atom is -0.389 e. The minimum atomic E-state index is -6.84. The zero-order chi connectivity index (χ0) is 13.2. The highest BCUT2D eigenvalue weighted by molar-refractivity contribution is 7.87. The zero-order valence-electron chi connectivity index (χ0n) is 7.34. The summed E-state index contributed by atoms with van der Waals surface area (Å²) in [6, 6.07) is 0. The van der Waals surface area contributed by atoms with E-state index in [-0.39, 0.29) is 0 Å². The zero-order valence-corrected chi connectivity index (χ0v) is 8.91. The van der Waals surface area contributed by atoms with Gasteiger partial charge in [-0.3, -0.25) is 0 Å². The van der Waals surface area contributed by atoms with E-state index in [2.05, 4.69) is 4.74 Å². The first-order valence-corrected chi connectivity index (χ1v) is 5.45. The van der Waals surface area contributed by atoms with Crippen molar-refractivity contribution in [2.24, 2.45) is 0 Å². The normalized spacial score (nSPS) is 16.2. The maximum Gasteiger partial charge on any atom is 0.464 e. The third-order valence-corrected chi connectivity index (χ3v) is 2.49. The largest absolute Gasteiger partial charge is 0.464 e. The Morgan fingerprint density at radius 2 is 1.75 bits per heavy atom. The highest BCUT2D eigenvalue weighted by Crippen LogP contribution is 2.40. The molecule has 1 N–H and O–H groups in total. The standard InChI is InChI=1S/C5H6ClF5O4S/c6-1-3(12)2-15-4(7,8)5(9,10)16(11,13)14/h3,12H,1-2H2. The summed E-state index contributed by atoms with van der Waals surface area (Å²) in [7, 11) is -6.84. The second kappa shape index (κ2) is 4.98. The molecule has 0 aliphatic heterocycles. The molecule has 16 heavy (non-hydrogen) atoms. The second-order valence-corrected chi connectivity index (χ2v) is 4.29. The fourth-order valence-corrected chi connectivity index (χ4v) is 0.903. The molecule has 11 heteroatoms. The molecule has 0 rings (SSSR count). The van der Waals surface area contributed by atoms with Crippen LogP contribution in [0.2, 0.25) is 0 Å². The van der Waals surface area contributed by atoms with Crippen LogP contribution in [-0.2, 0) is 15.0 Å². The molecule has 0 aliphatic carbocycles. The molecule has 0 heterocycles. The van der Waals surface area contributed by atoms with Crippen molar-refractivity contribution in [2.45, 2.75) is 17.5 Å². The molecule has 0 spiro atoms.